The van der Waals surface area contributed by atoms with Crippen LogP contribution in [0.5, 0.6) is 0 Å². The molecule has 2 aliphatic heterocycles. The number of hydrogen-bond donors (Lipinski definition) is 0. The summed E-state index contributed by atoms with van der Waals surface area (Å²) in [6.07, 6.45) is 0.833. The second kappa shape index (κ2) is 4.53. The van der Waals surface area contributed by atoms with E-state index in [-0.39, 0.29) is 23.8 Å². The number of likely N-dealkylation sites (tertiary alicyclic amines) is 1. The lowest BCUT2D eigenvalue weighted by atomic mass is 9.93. The number of rotatable bonds is 2. The highest BCUT2D eigenvalue weighted by molar-refractivity contribution is 5.68. The highest BCUT2D eigenvalue weighted by Crippen LogP contribution is 2.45. The predicted octanol–water partition coefficient (Wildman–Crippen LogP) is 2.57. The lowest BCUT2D eigenvalue weighted by molar-refractivity contribution is 0.0731. The molecule has 4 nitrogen and oxygen atoms in total. The second-order valence-corrected chi connectivity index (χ2v) is 5.66. The van der Waals surface area contributed by atoms with Crippen molar-refractivity contribution < 1.29 is 14.3 Å². The Bertz CT molecular complexity index is 476. The maximum atomic E-state index is 12.1. The van der Waals surface area contributed by atoms with Crippen LogP contribution < -0.4 is 0 Å². The lowest BCUT2D eigenvalue weighted by Gasteiger charge is -2.32. The number of piperidine rings is 1. The SMILES string of the molecule is C[C@@H]1C[C@]2(C)O[C@@H]2CN1C(=O)OCc1ccccc1. The van der Waals surface area contributed by atoms with Crippen LogP contribution in [-0.2, 0) is 16.1 Å². The Morgan fingerprint density at radius 1 is 1.47 bits per heavy atom. The number of amides is 1. The van der Waals surface area contributed by atoms with Gasteiger partial charge in [0.2, 0.25) is 0 Å². The first-order chi connectivity index (χ1) is 9.08. The maximum absolute atomic E-state index is 12.1. The van der Waals surface area contributed by atoms with Crippen LogP contribution in [0.15, 0.2) is 30.3 Å². The Morgan fingerprint density at radius 3 is 2.95 bits per heavy atom. The molecule has 0 radical (unpaired) electrons. The van der Waals surface area contributed by atoms with E-state index in [9.17, 15) is 4.79 Å². The number of benzene rings is 1. The molecule has 2 aliphatic rings. The van der Waals surface area contributed by atoms with E-state index in [0.29, 0.717) is 13.2 Å². The second-order valence-electron chi connectivity index (χ2n) is 5.66. The summed E-state index contributed by atoms with van der Waals surface area (Å²) >= 11 is 0. The molecule has 1 amide bonds. The van der Waals surface area contributed by atoms with E-state index in [0.717, 1.165) is 12.0 Å². The number of carbonyl (C=O) groups excluding carboxylic acids is 1. The van der Waals surface area contributed by atoms with Gasteiger partial charge in [-0.1, -0.05) is 30.3 Å². The number of fused-ring (bicyclic) bond motifs is 1. The van der Waals surface area contributed by atoms with Crippen LogP contribution in [0.3, 0.4) is 0 Å². The molecule has 0 spiro atoms. The fraction of sp³-hybridized carbons (Fsp3) is 0.533. The van der Waals surface area contributed by atoms with Crippen LogP contribution in [0.2, 0.25) is 0 Å². The first-order valence-corrected chi connectivity index (χ1v) is 6.74. The highest BCUT2D eigenvalue weighted by Gasteiger charge is 2.58. The molecule has 2 saturated heterocycles. The first kappa shape index (κ1) is 12.5. The van der Waals surface area contributed by atoms with Crippen molar-refractivity contribution >= 4 is 6.09 Å². The molecular weight excluding hydrogens is 242 g/mol. The van der Waals surface area contributed by atoms with Gasteiger partial charge in [-0.25, -0.2) is 4.79 Å². The summed E-state index contributed by atoms with van der Waals surface area (Å²) in [5, 5.41) is 0. The molecule has 19 heavy (non-hydrogen) atoms. The third-order valence-corrected chi connectivity index (χ3v) is 4.07. The Kier molecular flexibility index (Phi) is 2.97. The number of nitrogens with zero attached hydrogens (tertiary/aromatic N) is 1. The summed E-state index contributed by atoms with van der Waals surface area (Å²) in [6, 6.07) is 9.91. The van der Waals surface area contributed by atoms with Crippen molar-refractivity contribution in [1.82, 2.24) is 4.90 Å². The largest absolute Gasteiger partial charge is 0.445 e. The van der Waals surface area contributed by atoms with Crippen molar-refractivity contribution in [1.29, 1.82) is 0 Å². The normalized spacial score (nSPS) is 32.6. The zero-order chi connectivity index (χ0) is 13.5. The van der Waals surface area contributed by atoms with Crippen LogP contribution in [-0.4, -0.2) is 35.3 Å². The molecule has 102 valence electrons. The van der Waals surface area contributed by atoms with Crippen LogP contribution in [0.25, 0.3) is 0 Å². The average Bonchev–Trinajstić information content (AvgIpc) is 3.06. The molecule has 4 heteroatoms. The van der Waals surface area contributed by atoms with Gasteiger partial charge in [-0.2, -0.15) is 0 Å². The Hall–Kier alpha value is -1.55. The van der Waals surface area contributed by atoms with Gasteiger partial charge in [-0.15, -0.1) is 0 Å². The molecule has 2 heterocycles. The van der Waals surface area contributed by atoms with E-state index in [1.165, 1.54) is 0 Å². The Labute approximate surface area is 113 Å². The van der Waals surface area contributed by atoms with Crippen LogP contribution in [0.1, 0.15) is 25.8 Å². The molecule has 3 atom stereocenters. The van der Waals surface area contributed by atoms with Crippen molar-refractivity contribution in [3.05, 3.63) is 35.9 Å². The van der Waals surface area contributed by atoms with Gasteiger partial charge in [-0.05, 0) is 25.8 Å². The summed E-state index contributed by atoms with van der Waals surface area (Å²) in [7, 11) is 0. The Morgan fingerprint density at radius 2 is 2.21 bits per heavy atom. The zero-order valence-electron chi connectivity index (χ0n) is 11.3. The van der Waals surface area contributed by atoms with E-state index in [1.54, 1.807) is 4.90 Å². The molecule has 3 rings (SSSR count). The van der Waals surface area contributed by atoms with Gasteiger partial charge >= 0.3 is 6.09 Å². The fourth-order valence-electron chi connectivity index (χ4n) is 2.81. The summed E-state index contributed by atoms with van der Waals surface area (Å²) in [5.41, 5.74) is 1.00. The molecule has 0 bridgehead atoms. The molecule has 0 aromatic heterocycles. The number of epoxide rings is 1. The quantitative estimate of drug-likeness (QED) is 0.768. The number of ether oxygens (including phenoxy) is 2. The van der Waals surface area contributed by atoms with Crippen molar-refractivity contribution in [2.75, 3.05) is 6.54 Å². The minimum Gasteiger partial charge on any atom is -0.445 e. The number of hydrogen-bond acceptors (Lipinski definition) is 3. The third kappa shape index (κ3) is 2.45. The predicted molar refractivity (Wildman–Crippen MR) is 70.7 cm³/mol. The van der Waals surface area contributed by atoms with Crippen LogP contribution in [0.4, 0.5) is 4.79 Å². The van der Waals surface area contributed by atoms with Gasteiger partial charge in [0.05, 0.1) is 12.1 Å². The van der Waals surface area contributed by atoms with Gasteiger partial charge in [0.1, 0.15) is 12.7 Å². The van der Waals surface area contributed by atoms with Crippen molar-refractivity contribution in [2.45, 2.75) is 44.6 Å². The van der Waals surface area contributed by atoms with Crippen molar-refractivity contribution in [2.24, 2.45) is 0 Å². The lowest BCUT2D eigenvalue weighted by Crippen LogP contribution is -2.47. The van der Waals surface area contributed by atoms with Crippen LogP contribution >= 0.6 is 0 Å². The third-order valence-electron chi connectivity index (χ3n) is 4.07. The minimum atomic E-state index is -0.242. The molecule has 0 aliphatic carbocycles. The van der Waals surface area contributed by atoms with E-state index < -0.39 is 0 Å². The Balaban J connectivity index is 1.56. The maximum Gasteiger partial charge on any atom is 0.410 e. The monoisotopic (exact) mass is 261 g/mol. The molecule has 0 saturated carbocycles. The molecule has 0 N–H and O–H groups in total. The van der Waals surface area contributed by atoms with E-state index in [1.807, 2.05) is 37.3 Å². The topological polar surface area (TPSA) is 42.1 Å². The van der Waals surface area contributed by atoms with Gasteiger partial charge in [0.25, 0.3) is 0 Å². The molecule has 0 unspecified atom stereocenters. The van der Waals surface area contributed by atoms with Crippen LogP contribution in [0, 0.1) is 0 Å². The standard InChI is InChI=1S/C15H19NO3/c1-11-8-15(2)13(19-15)9-16(11)14(17)18-10-12-6-4-3-5-7-12/h3-7,11,13H,8-10H2,1-2H3/t11-,13-,15+/m1/s1. The van der Waals surface area contributed by atoms with Gasteiger partial charge in [0.15, 0.2) is 0 Å². The average molecular weight is 261 g/mol. The smallest absolute Gasteiger partial charge is 0.410 e. The first-order valence-electron chi connectivity index (χ1n) is 6.74. The minimum absolute atomic E-state index is 0.00434. The highest BCUT2D eigenvalue weighted by atomic mass is 16.6. The molecule has 1 aromatic carbocycles. The van der Waals surface area contributed by atoms with Gasteiger partial charge in [0, 0.05) is 6.04 Å². The van der Waals surface area contributed by atoms with E-state index in [2.05, 4.69) is 6.92 Å². The van der Waals surface area contributed by atoms with Gasteiger partial charge < -0.3 is 14.4 Å². The van der Waals surface area contributed by atoms with Crippen molar-refractivity contribution in [3.8, 4) is 0 Å². The summed E-state index contributed by atoms with van der Waals surface area (Å²) < 4.78 is 11.0. The fourth-order valence-corrected chi connectivity index (χ4v) is 2.81. The number of carbonyl (C=O) groups is 1. The summed E-state index contributed by atoms with van der Waals surface area (Å²) in [6.45, 7) is 5.13. The molecule has 2 fully saturated rings. The molecular formula is C15H19NO3. The molecule has 1 aromatic rings. The van der Waals surface area contributed by atoms with E-state index in [4.69, 9.17) is 9.47 Å². The van der Waals surface area contributed by atoms with Gasteiger partial charge in [-0.3, -0.25) is 0 Å². The summed E-state index contributed by atoms with van der Waals surface area (Å²) in [4.78, 5) is 13.9. The van der Waals surface area contributed by atoms with Crippen molar-refractivity contribution in [3.63, 3.8) is 0 Å². The summed E-state index contributed by atoms with van der Waals surface area (Å²) in [5.74, 6) is 0. The zero-order valence-corrected chi connectivity index (χ0v) is 11.3. The van der Waals surface area contributed by atoms with E-state index >= 15 is 0 Å².